The predicted octanol–water partition coefficient (Wildman–Crippen LogP) is 0.886. The summed E-state index contributed by atoms with van der Waals surface area (Å²) in [5, 5.41) is 8.95. The van der Waals surface area contributed by atoms with Gasteiger partial charge >= 0.3 is 5.69 Å². The maximum Gasteiger partial charge on any atom is 0.346 e. The third-order valence-electron chi connectivity index (χ3n) is 7.18. The van der Waals surface area contributed by atoms with Gasteiger partial charge in [0.15, 0.2) is 11.6 Å². The van der Waals surface area contributed by atoms with Crippen molar-refractivity contribution in [2.45, 2.75) is 58.3 Å². The molecular formula is C24H28N10O3. The van der Waals surface area contributed by atoms with Gasteiger partial charge in [-0.2, -0.15) is 10.1 Å². The second-order valence-electron chi connectivity index (χ2n) is 10.1. The van der Waals surface area contributed by atoms with Gasteiger partial charge in [0.25, 0.3) is 5.91 Å². The maximum atomic E-state index is 13.7. The van der Waals surface area contributed by atoms with Crippen molar-refractivity contribution in [1.29, 1.82) is 0 Å². The Kier molecular flexibility index (Phi) is 4.90. The normalized spacial score (nSPS) is 17.4. The van der Waals surface area contributed by atoms with E-state index in [0.29, 0.717) is 60.0 Å². The quantitative estimate of drug-likeness (QED) is 0.339. The van der Waals surface area contributed by atoms with Crippen LogP contribution in [0.3, 0.4) is 0 Å². The van der Waals surface area contributed by atoms with E-state index in [2.05, 4.69) is 15.4 Å². The third-order valence-corrected chi connectivity index (χ3v) is 7.18. The van der Waals surface area contributed by atoms with Gasteiger partial charge in [-0.25, -0.2) is 19.8 Å². The minimum absolute atomic E-state index is 0.151. The Morgan fingerprint density at radius 3 is 2.81 bits per heavy atom. The van der Waals surface area contributed by atoms with E-state index in [1.807, 2.05) is 17.5 Å². The SMILES string of the molecule is Cc1cc(C(=O)NC2CC2)nn1CCn1c(=O)n(CC2CC2)n2c3c(nc12)N(N)CN=C3c1ccco1. The molecule has 2 fully saturated rings. The molecule has 0 atom stereocenters. The Labute approximate surface area is 211 Å². The van der Waals surface area contributed by atoms with Crippen LogP contribution in [0, 0.1) is 12.8 Å². The molecule has 0 spiro atoms. The number of anilines is 1. The second kappa shape index (κ2) is 8.20. The Balaban J connectivity index is 1.27. The van der Waals surface area contributed by atoms with Crippen molar-refractivity contribution >= 4 is 23.2 Å². The van der Waals surface area contributed by atoms with Crippen LogP contribution < -0.4 is 21.9 Å². The smallest absolute Gasteiger partial charge is 0.346 e. The molecule has 4 aromatic rings. The largest absolute Gasteiger partial charge is 0.463 e. The first-order valence-corrected chi connectivity index (χ1v) is 12.7. The number of carbonyl (C=O) groups excluding carboxylic acids is 1. The van der Waals surface area contributed by atoms with E-state index in [1.54, 1.807) is 32.3 Å². The number of nitrogens with one attached hydrogen (secondary N) is 1. The molecule has 1 amide bonds. The maximum absolute atomic E-state index is 13.7. The molecule has 4 aromatic heterocycles. The average molecular weight is 505 g/mol. The molecule has 13 nitrogen and oxygen atoms in total. The van der Waals surface area contributed by atoms with Crippen molar-refractivity contribution in [2.24, 2.45) is 16.8 Å². The Morgan fingerprint density at radius 2 is 2.08 bits per heavy atom. The summed E-state index contributed by atoms with van der Waals surface area (Å²) < 4.78 is 12.6. The van der Waals surface area contributed by atoms with Crippen LogP contribution in [0.15, 0.2) is 38.7 Å². The van der Waals surface area contributed by atoms with Gasteiger partial charge < -0.3 is 9.73 Å². The van der Waals surface area contributed by atoms with E-state index in [0.717, 1.165) is 31.4 Å². The summed E-state index contributed by atoms with van der Waals surface area (Å²) in [7, 11) is 0. The third kappa shape index (κ3) is 3.77. The van der Waals surface area contributed by atoms with Crippen LogP contribution >= 0.6 is 0 Å². The molecule has 0 unspecified atom stereocenters. The Bertz CT molecular complexity index is 1590. The molecule has 3 N–H and O–H groups in total. The fourth-order valence-corrected chi connectivity index (χ4v) is 4.84. The predicted molar refractivity (Wildman–Crippen MR) is 133 cm³/mol. The summed E-state index contributed by atoms with van der Waals surface area (Å²) in [6.07, 6.45) is 5.82. The van der Waals surface area contributed by atoms with Crippen molar-refractivity contribution in [3.63, 3.8) is 0 Å². The molecule has 192 valence electrons. The molecule has 0 bridgehead atoms. The van der Waals surface area contributed by atoms with Crippen molar-refractivity contribution < 1.29 is 9.21 Å². The van der Waals surface area contributed by atoms with Crippen LogP contribution in [-0.2, 0) is 19.6 Å². The van der Waals surface area contributed by atoms with Gasteiger partial charge in [0.2, 0.25) is 5.78 Å². The number of rotatable bonds is 8. The number of nitrogens with two attached hydrogens (primary N) is 1. The molecule has 7 rings (SSSR count). The molecule has 0 saturated heterocycles. The number of hydrogen-bond donors (Lipinski definition) is 2. The van der Waals surface area contributed by atoms with Crippen molar-refractivity contribution in [1.82, 2.24) is 33.8 Å². The fourth-order valence-electron chi connectivity index (χ4n) is 4.84. The number of imidazole rings is 1. The van der Waals surface area contributed by atoms with Gasteiger partial charge in [0.05, 0.1) is 19.4 Å². The lowest BCUT2D eigenvalue weighted by molar-refractivity contribution is 0.0945. The van der Waals surface area contributed by atoms with E-state index in [9.17, 15) is 9.59 Å². The molecule has 0 aromatic carbocycles. The van der Waals surface area contributed by atoms with E-state index in [4.69, 9.17) is 15.2 Å². The van der Waals surface area contributed by atoms with Crippen LogP contribution in [0.2, 0.25) is 0 Å². The molecule has 2 aliphatic carbocycles. The van der Waals surface area contributed by atoms with Gasteiger partial charge in [-0.1, -0.05) is 0 Å². The van der Waals surface area contributed by atoms with Gasteiger partial charge in [0.1, 0.15) is 23.8 Å². The number of hydrazine groups is 1. The van der Waals surface area contributed by atoms with Crippen LogP contribution in [0.25, 0.3) is 5.78 Å². The van der Waals surface area contributed by atoms with Gasteiger partial charge in [-0.05, 0) is 56.7 Å². The van der Waals surface area contributed by atoms with Gasteiger partial charge in [0, 0.05) is 18.3 Å². The number of nitrogens with zero attached hydrogens (tertiary/aromatic N) is 8. The highest BCUT2D eigenvalue weighted by Gasteiger charge is 2.33. The highest BCUT2D eigenvalue weighted by molar-refractivity contribution is 6.14. The summed E-state index contributed by atoms with van der Waals surface area (Å²) in [5.74, 6) is 8.19. The number of amides is 1. The number of fused-ring (bicyclic) bond motifs is 3. The van der Waals surface area contributed by atoms with Crippen LogP contribution in [0.5, 0.6) is 0 Å². The number of aromatic nitrogens is 6. The monoisotopic (exact) mass is 504 g/mol. The lowest BCUT2D eigenvalue weighted by Gasteiger charge is -2.21. The fraction of sp³-hybridized carbons (Fsp3) is 0.458. The lowest BCUT2D eigenvalue weighted by atomic mass is 10.2. The molecular weight excluding hydrogens is 476 g/mol. The van der Waals surface area contributed by atoms with E-state index >= 15 is 0 Å². The lowest BCUT2D eigenvalue weighted by Crippen LogP contribution is -2.37. The van der Waals surface area contributed by atoms with E-state index < -0.39 is 0 Å². The van der Waals surface area contributed by atoms with Crippen molar-refractivity contribution in [3.8, 4) is 0 Å². The number of aryl methyl sites for hydroxylation is 3. The van der Waals surface area contributed by atoms with Crippen LogP contribution in [0.4, 0.5) is 5.82 Å². The molecule has 3 aliphatic rings. The Hall–Kier alpha value is -4.13. The molecule has 1 aliphatic heterocycles. The number of furan rings is 1. The zero-order chi connectivity index (χ0) is 25.3. The first kappa shape index (κ1) is 22.1. The van der Waals surface area contributed by atoms with Gasteiger partial charge in [-0.3, -0.25) is 24.0 Å². The van der Waals surface area contributed by atoms with Crippen molar-refractivity contribution in [2.75, 3.05) is 11.7 Å². The first-order chi connectivity index (χ1) is 18.0. The number of carbonyl (C=O) groups is 1. The summed E-state index contributed by atoms with van der Waals surface area (Å²) in [4.78, 5) is 35.6. The van der Waals surface area contributed by atoms with E-state index in [-0.39, 0.29) is 24.3 Å². The summed E-state index contributed by atoms with van der Waals surface area (Å²) in [6.45, 7) is 3.47. The second-order valence-corrected chi connectivity index (χ2v) is 10.1. The Morgan fingerprint density at radius 1 is 1.24 bits per heavy atom. The molecule has 13 heteroatoms. The molecule has 2 saturated carbocycles. The molecule has 37 heavy (non-hydrogen) atoms. The topological polar surface area (TPSA) is 146 Å². The van der Waals surface area contributed by atoms with Crippen LogP contribution in [-0.4, -0.2) is 52.9 Å². The molecule has 5 heterocycles. The summed E-state index contributed by atoms with van der Waals surface area (Å²) >= 11 is 0. The molecule has 0 radical (unpaired) electrons. The zero-order valence-corrected chi connectivity index (χ0v) is 20.5. The zero-order valence-electron chi connectivity index (χ0n) is 20.5. The number of aliphatic imine (C=N–C) groups is 1. The summed E-state index contributed by atoms with van der Waals surface area (Å²) in [6, 6.07) is 5.69. The minimum atomic E-state index is -0.159. The van der Waals surface area contributed by atoms with Gasteiger partial charge in [-0.15, -0.1) is 0 Å². The summed E-state index contributed by atoms with van der Waals surface area (Å²) in [5.41, 5.74) is 2.35. The van der Waals surface area contributed by atoms with Crippen molar-refractivity contribution in [3.05, 3.63) is 57.8 Å². The standard InChI is InChI=1S/C24H28N10O3/c1-14-11-17(22(35)27-16-6-7-16)29-32(14)9-8-30-23-28-21-20(34(23)33(24(30)36)12-15-4-5-15)19(26-13-31(21)25)18-3-2-10-37-18/h2-3,10-11,15-16H,4-9,12-13,25H2,1H3,(H,27,35). The number of hydrogen-bond acceptors (Lipinski definition) is 8. The highest BCUT2D eigenvalue weighted by Crippen LogP contribution is 2.32. The first-order valence-electron chi connectivity index (χ1n) is 12.7. The minimum Gasteiger partial charge on any atom is -0.463 e. The van der Waals surface area contributed by atoms with E-state index in [1.165, 1.54) is 5.01 Å². The average Bonchev–Trinajstić information content (AvgIpc) is 3.70. The highest BCUT2D eigenvalue weighted by atomic mass is 16.3. The van der Waals surface area contributed by atoms with Crippen LogP contribution in [0.1, 0.15) is 53.3 Å².